The summed E-state index contributed by atoms with van der Waals surface area (Å²) in [5.74, 6) is 1.75. The van der Waals surface area contributed by atoms with E-state index in [4.69, 9.17) is 9.84 Å². The first kappa shape index (κ1) is 14.1. The quantitative estimate of drug-likeness (QED) is 0.903. The fourth-order valence-electron chi connectivity index (χ4n) is 2.17. The molecule has 0 saturated carbocycles. The van der Waals surface area contributed by atoms with Gasteiger partial charge in [-0.3, -0.25) is 0 Å². The number of ether oxygens (including phenoxy) is 1. The first-order valence-electron chi connectivity index (χ1n) is 5.84. The number of piperidine rings is 1. The van der Waals surface area contributed by atoms with Gasteiger partial charge in [0.15, 0.2) is 0 Å². The number of likely N-dealkylation sites (tertiary alicyclic amines) is 1. The summed E-state index contributed by atoms with van der Waals surface area (Å²) in [6.45, 7) is 3.10. The van der Waals surface area contributed by atoms with E-state index < -0.39 is 0 Å². The van der Waals surface area contributed by atoms with E-state index in [1.807, 2.05) is 12.1 Å². The van der Waals surface area contributed by atoms with E-state index in [2.05, 4.69) is 11.9 Å². The fraction of sp³-hybridized carbons (Fsp3) is 0.538. The highest BCUT2D eigenvalue weighted by Crippen LogP contribution is 2.19. The van der Waals surface area contributed by atoms with Gasteiger partial charge in [-0.05, 0) is 50.7 Å². The predicted octanol–water partition coefficient (Wildman–Crippen LogP) is 2.53. The van der Waals surface area contributed by atoms with Crippen molar-refractivity contribution in [3.8, 4) is 11.5 Å². The Morgan fingerprint density at radius 1 is 1.35 bits per heavy atom. The van der Waals surface area contributed by atoms with Gasteiger partial charge in [-0.2, -0.15) is 0 Å². The molecule has 1 fully saturated rings. The predicted molar refractivity (Wildman–Crippen MR) is 71.1 cm³/mol. The number of aromatic hydroxyl groups is 1. The lowest BCUT2D eigenvalue weighted by Gasteiger charge is -2.29. The zero-order valence-corrected chi connectivity index (χ0v) is 10.9. The molecular formula is C13H20ClNO2. The van der Waals surface area contributed by atoms with Crippen molar-refractivity contribution in [1.29, 1.82) is 0 Å². The van der Waals surface area contributed by atoms with Crippen LogP contribution in [-0.4, -0.2) is 36.8 Å². The molecule has 4 heteroatoms. The first-order chi connectivity index (χ1) is 7.74. The summed E-state index contributed by atoms with van der Waals surface area (Å²) >= 11 is 0. The largest absolute Gasteiger partial charge is 0.508 e. The van der Waals surface area contributed by atoms with Crippen LogP contribution in [0.25, 0.3) is 0 Å². The van der Waals surface area contributed by atoms with Crippen molar-refractivity contribution >= 4 is 12.4 Å². The summed E-state index contributed by atoms with van der Waals surface area (Å²) in [5.41, 5.74) is 0. The van der Waals surface area contributed by atoms with Crippen molar-refractivity contribution < 1.29 is 9.84 Å². The third-order valence-corrected chi connectivity index (χ3v) is 3.04. The van der Waals surface area contributed by atoms with Crippen LogP contribution in [0, 0.1) is 5.92 Å². The molecule has 1 saturated heterocycles. The van der Waals surface area contributed by atoms with Crippen molar-refractivity contribution in [1.82, 2.24) is 4.90 Å². The molecule has 0 aromatic heterocycles. The second kappa shape index (κ2) is 6.72. The Hall–Kier alpha value is -0.930. The molecule has 96 valence electrons. The summed E-state index contributed by atoms with van der Waals surface area (Å²) in [6, 6.07) is 6.93. The first-order valence-corrected chi connectivity index (χ1v) is 5.84. The van der Waals surface area contributed by atoms with Gasteiger partial charge in [0.05, 0.1) is 6.61 Å². The molecule has 1 heterocycles. The van der Waals surface area contributed by atoms with E-state index in [9.17, 15) is 0 Å². The molecule has 1 atom stereocenters. The highest BCUT2D eigenvalue weighted by atomic mass is 35.5. The number of nitrogens with zero attached hydrogens (tertiary/aromatic N) is 1. The SMILES string of the molecule is CN1CCC[C@@H](COc2ccc(O)cc2)C1.Cl. The molecule has 0 amide bonds. The molecule has 2 rings (SSSR count). The zero-order valence-electron chi connectivity index (χ0n) is 10.1. The van der Waals surface area contributed by atoms with Crippen LogP contribution in [0.3, 0.4) is 0 Å². The molecule has 0 bridgehead atoms. The standard InChI is InChI=1S/C13H19NO2.ClH/c1-14-8-2-3-11(9-14)10-16-13-6-4-12(15)5-7-13;/h4-7,11,15H,2-3,8-10H2,1H3;1H/t11-;/m1./s1. The normalized spacial score (nSPS) is 20.6. The van der Waals surface area contributed by atoms with Gasteiger partial charge in [0.2, 0.25) is 0 Å². The number of hydrogen-bond donors (Lipinski definition) is 1. The Bertz CT molecular complexity index is 329. The van der Waals surface area contributed by atoms with Crippen molar-refractivity contribution in [3.05, 3.63) is 24.3 Å². The molecular weight excluding hydrogens is 238 g/mol. The molecule has 1 aliphatic rings. The number of benzene rings is 1. The van der Waals surface area contributed by atoms with Gasteiger partial charge in [-0.15, -0.1) is 12.4 Å². The Kier molecular flexibility index (Phi) is 5.59. The molecule has 0 radical (unpaired) electrons. The van der Waals surface area contributed by atoms with E-state index in [0.717, 1.165) is 18.9 Å². The van der Waals surface area contributed by atoms with E-state index in [-0.39, 0.29) is 18.2 Å². The van der Waals surface area contributed by atoms with Crippen LogP contribution in [0.4, 0.5) is 0 Å². The monoisotopic (exact) mass is 257 g/mol. The minimum Gasteiger partial charge on any atom is -0.508 e. The third kappa shape index (κ3) is 4.44. The van der Waals surface area contributed by atoms with Gasteiger partial charge in [0.1, 0.15) is 11.5 Å². The summed E-state index contributed by atoms with van der Waals surface area (Å²) in [4.78, 5) is 2.36. The maximum Gasteiger partial charge on any atom is 0.119 e. The van der Waals surface area contributed by atoms with Gasteiger partial charge in [-0.25, -0.2) is 0 Å². The lowest BCUT2D eigenvalue weighted by atomic mass is 10.00. The number of phenols is 1. The third-order valence-electron chi connectivity index (χ3n) is 3.04. The minimum absolute atomic E-state index is 0. The van der Waals surface area contributed by atoms with Crippen molar-refractivity contribution in [2.45, 2.75) is 12.8 Å². The Balaban J connectivity index is 0.00000144. The van der Waals surface area contributed by atoms with Crippen molar-refractivity contribution in [2.75, 3.05) is 26.7 Å². The highest BCUT2D eigenvalue weighted by molar-refractivity contribution is 5.85. The van der Waals surface area contributed by atoms with E-state index in [0.29, 0.717) is 5.92 Å². The van der Waals surface area contributed by atoms with Crippen LogP contribution in [0.5, 0.6) is 11.5 Å². The summed E-state index contributed by atoms with van der Waals surface area (Å²) in [6.07, 6.45) is 2.52. The van der Waals surface area contributed by atoms with Crippen molar-refractivity contribution in [2.24, 2.45) is 5.92 Å². The van der Waals surface area contributed by atoms with Gasteiger partial charge in [-0.1, -0.05) is 0 Å². The average Bonchev–Trinajstić information content (AvgIpc) is 2.28. The second-order valence-electron chi connectivity index (χ2n) is 4.58. The smallest absolute Gasteiger partial charge is 0.119 e. The van der Waals surface area contributed by atoms with Crippen LogP contribution in [0.1, 0.15) is 12.8 Å². The van der Waals surface area contributed by atoms with Crippen LogP contribution in [-0.2, 0) is 0 Å². The number of halogens is 1. The van der Waals surface area contributed by atoms with Gasteiger partial charge in [0, 0.05) is 12.5 Å². The topological polar surface area (TPSA) is 32.7 Å². The molecule has 1 aliphatic heterocycles. The molecule has 1 aromatic rings. The lowest BCUT2D eigenvalue weighted by Crippen LogP contribution is -2.34. The maximum absolute atomic E-state index is 9.15. The van der Waals surface area contributed by atoms with Crippen molar-refractivity contribution in [3.63, 3.8) is 0 Å². The Morgan fingerprint density at radius 2 is 2.06 bits per heavy atom. The molecule has 0 aliphatic carbocycles. The van der Waals surface area contributed by atoms with Crippen LogP contribution in [0.15, 0.2) is 24.3 Å². The van der Waals surface area contributed by atoms with Gasteiger partial charge < -0.3 is 14.7 Å². The second-order valence-corrected chi connectivity index (χ2v) is 4.58. The summed E-state index contributed by atoms with van der Waals surface area (Å²) in [7, 11) is 2.16. The minimum atomic E-state index is 0. The highest BCUT2D eigenvalue weighted by Gasteiger charge is 2.17. The average molecular weight is 258 g/mol. The summed E-state index contributed by atoms with van der Waals surface area (Å²) in [5, 5.41) is 9.15. The number of phenolic OH excluding ortho intramolecular Hbond substituents is 1. The van der Waals surface area contributed by atoms with Crippen LogP contribution >= 0.6 is 12.4 Å². The number of rotatable bonds is 3. The molecule has 1 aromatic carbocycles. The van der Waals surface area contributed by atoms with Gasteiger partial charge >= 0.3 is 0 Å². The van der Waals surface area contributed by atoms with E-state index in [1.165, 1.54) is 19.4 Å². The summed E-state index contributed by atoms with van der Waals surface area (Å²) < 4.78 is 5.71. The fourth-order valence-corrected chi connectivity index (χ4v) is 2.17. The Morgan fingerprint density at radius 3 is 2.71 bits per heavy atom. The Labute approximate surface area is 109 Å². The lowest BCUT2D eigenvalue weighted by molar-refractivity contribution is 0.150. The van der Waals surface area contributed by atoms with Gasteiger partial charge in [0.25, 0.3) is 0 Å². The molecule has 1 N–H and O–H groups in total. The zero-order chi connectivity index (χ0) is 11.4. The van der Waals surface area contributed by atoms with E-state index in [1.54, 1.807) is 12.1 Å². The molecule has 0 spiro atoms. The molecule has 0 unspecified atom stereocenters. The van der Waals surface area contributed by atoms with E-state index >= 15 is 0 Å². The maximum atomic E-state index is 9.15. The number of hydrogen-bond acceptors (Lipinski definition) is 3. The molecule has 17 heavy (non-hydrogen) atoms. The van der Waals surface area contributed by atoms with Crippen LogP contribution in [0.2, 0.25) is 0 Å². The van der Waals surface area contributed by atoms with Crippen LogP contribution < -0.4 is 4.74 Å². The molecule has 3 nitrogen and oxygen atoms in total.